The van der Waals surface area contributed by atoms with Gasteiger partial charge in [0.05, 0.1) is 5.69 Å². The summed E-state index contributed by atoms with van der Waals surface area (Å²) in [6.45, 7) is 2.05. The maximum Gasteiger partial charge on any atom is 0.258 e. The van der Waals surface area contributed by atoms with Gasteiger partial charge < -0.3 is 15.3 Å². The number of nitrogens with one attached hydrogen (secondary N) is 1. The monoisotopic (exact) mass is 358 g/mol. The minimum absolute atomic E-state index is 0.144. The molecule has 0 radical (unpaired) electrons. The first-order valence-corrected chi connectivity index (χ1v) is 8.34. The van der Waals surface area contributed by atoms with E-state index in [4.69, 9.17) is 15.3 Å². The normalized spacial score (nSPS) is 16.0. The Morgan fingerprint density at radius 2 is 1.50 bits per heavy atom. The number of nitrogens with zero attached hydrogens (tertiary/aromatic N) is 1. The van der Waals surface area contributed by atoms with Crippen LogP contribution < -0.4 is 10.4 Å². The molecule has 0 bridgehead atoms. The van der Waals surface area contributed by atoms with Gasteiger partial charge in [-0.2, -0.15) is 0 Å². The van der Waals surface area contributed by atoms with Gasteiger partial charge in [-0.05, 0) is 18.6 Å². The molecule has 26 heavy (non-hydrogen) atoms. The molecule has 2 aromatic rings. The van der Waals surface area contributed by atoms with Crippen molar-refractivity contribution in [2.45, 2.75) is 26.2 Å². The number of rotatable bonds is 4. The quantitative estimate of drug-likeness (QED) is 0.628. The fourth-order valence-corrected chi connectivity index (χ4v) is 2.52. The number of phenols is 3. The summed E-state index contributed by atoms with van der Waals surface area (Å²) in [5, 5.41) is 27.4. The van der Waals surface area contributed by atoms with Gasteiger partial charge in [-0.3, -0.25) is 15.0 Å². The standard InChI is InChI=1S/C13H16N2O2.C6H6O3/c1-2-3-9-11-12(16)14-15(13(11)17)10-7-5-4-6-8-10;7-4-1-5(8)3-6(9)2-4/h4-8,11H,2-3,9H2,1H3,(H,14,16);1-3,7-9H. The summed E-state index contributed by atoms with van der Waals surface area (Å²) in [5.41, 5.74) is 3.34. The van der Waals surface area contributed by atoms with E-state index in [2.05, 4.69) is 5.43 Å². The summed E-state index contributed by atoms with van der Waals surface area (Å²) >= 11 is 0. The summed E-state index contributed by atoms with van der Waals surface area (Å²) in [4.78, 5) is 23.8. The van der Waals surface area contributed by atoms with Crippen LogP contribution in [0.15, 0.2) is 48.5 Å². The third kappa shape index (κ3) is 4.89. The van der Waals surface area contributed by atoms with Crippen LogP contribution in [-0.4, -0.2) is 27.1 Å². The van der Waals surface area contributed by atoms with Crippen molar-refractivity contribution in [3.63, 3.8) is 0 Å². The molecule has 0 spiro atoms. The summed E-state index contributed by atoms with van der Waals surface area (Å²) in [6.07, 6.45) is 2.51. The minimum atomic E-state index is -0.518. The Kier molecular flexibility index (Phi) is 6.43. The molecule has 0 saturated carbocycles. The number of hydrazine groups is 1. The maximum atomic E-state index is 12.1. The molecule has 0 aromatic heterocycles. The number of amides is 2. The minimum Gasteiger partial charge on any atom is -0.508 e. The Morgan fingerprint density at radius 1 is 0.962 bits per heavy atom. The van der Waals surface area contributed by atoms with Crippen molar-refractivity contribution in [2.24, 2.45) is 5.92 Å². The Hall–Kier alpha value is -3.22. The van der Waals surface area contributed by atoms with E-state index in [0.717, 1.165) is 31.0 Å². The predicted molar refractivity (Wildman–Crippen MR) is 96.5 cm³/mol. The average Bonchev–Trinajstić information content (AvgIpc) is 2.87. The van der Waals surface area contributed by atoms with Crippen LogP contribution in [0, 0.1) is 5.92 Å². The molecule has 1 heterocycles. The van der Waals surface area contributed by atoms with E-state index in [0.29, 0.717) is 12.1 Å². The number of hydrogen-bond donors (Lipinski definition) is 4. The highest BCUT2D eigenvalue weighted by Crippen LogP contribution is 2.24. The highest BCUT2D eigenvalue weighted by atomic mass is 16.3. The molecule has 1 saturated heterocycles. The predicted octanol–water partition coefficient (Wildman–Crippen LogP) is 2.67. The van der Waals surface area contributed by atoms with Gasteiger partial charge in [-0.1, -0.05) is 38.0 Å². The zero-order valence-corrected chi connectivity index (χ0v) is 14.4. The molecule has 0 aliphatic carbocycles. The number of hydrogen-bond acceptors (Lipinski definition) is 5. The van der Waals surface area contributed by atoms with Gasteiger partial charge in [0.15, 0.2) is 0 Å². The van der Waals surface area contributed by atoms with Gasteiger partial charge in [-0.25, -0.2) is 5.01 Å². The molecule has 1 fully saturated rings. The van der Waals surface area contributed by atoms with Crippen LogP contribution in [0.1, 0.15) is 26.2 Å². The number of para-hydroxylation sites is 1. The lowest BCUT2D eigenvalue weighted by atomic mass is 10.0. The van der Waals surface area contributed by atoms with Gasteiger partial charge in [0.1, 0.15) is 23.2 Å². The molecule has 4 N–H and O–H groups in total. The summed E-state index contributed by atoms with van der Waals surface area (Å²) in [5.74, 6) is -1.29. The first-order valence-electron chi connectivity index (χ1n) is 8.34. The molecule has 138 valence electrons. The summed E-state index contributed by atoms with van der Waals surface area (Å²) in [7, 11) is 0. The van der Waals surface area contributed by atoms with Gasteiger partial charge in [0.2, 0.25) is 0 Å². The highest BCUT2D eigenvalue weighted by molar-refractivity contribution is 6.14. The van der Waals surface area contributed by atoms with Crippen molar-refractivity contribution >= 4 is 17.5 Å². The van der Waals surface area contributed by atoms with Crippen molar-refractivity contribution < 1.29 is 24.9 Å². The molecule has 3 rings (SSSR count). The number of benzene rings is 2. The highest BCUT2D eigenvalue weighted by Gasteiger charge is 2.39. The van der Waals surface area contributed by atoms with Crippen LogP contribution >= 0.6 is 0 Å². The second-order valence-electron chi connectivity index (χ2n) is 5.89. The van der Waals surface area contributed by atoms with Gasteiger partial charge in [-0.15, -0.1) is 0 Å². The van der Waals surface area contributed by atoms with E-state index in [9.17, 15) is 9.59 Å². The van der Waals surface area contributed by atoms with E-state index in [1.54, 1.807) is 12.1 Å². The molecule has 1 atom stereocenters. The number of anilines is 1. The number of carbonyl (C=O) groups is 2. The molecule has 2 amide bonds. The lowest BCUT2D eigenvalue weighted by Gasteiger charge is -2.14. The second-order valence-corrected chi connectivity index (χ2v) is 5.89. The van der Waals surface area contributed by atoms with Crippen LogP contribution in [0.3, 0.4) is 0 Å². The van der Waals surface area contributed by atoms with Gasteiger partial charge >= 0.3 is 0 Å². The van der Waals surface area contributed by atoms with E-state index in [1.807, 2.05) is 25.1 Å². The van der Waals surface area contributed by atoms with Crippen LogP contribution in [0.5, 0.6) is 17.2 Å². The Labute approximate surface area is 151 Å². The number of aromatic hydroxyl groups is 3. The number of phenolic OH excluding ortho intramolecular Hbond substituents is 3. The van der Waals surface area contributed by atoms with Crippen LogP contribution in [-0.2, 0) is 9.59 Å². The number of carbonyl (C=O) groups excluding carboxylic acids is 2. The second kappa shape index (κ2) is 8.75. The van der Waals surface area contributed by atoms with Gasteiger partial charge in [0, 0.05) is 18.2 Å². The molecule has 1 aliphatic rings. The maximum absolute atomic E-state index is 12.1. The number of unbranched alkanes of at least 4 members (excludes halogenated alkanes) is 1. The molecule has 1 aliphatic heterocycles. The van der Waals surface area contributed by atoms with Crippen molar-refractivity contribution in [3.8, 4) is 17.2 Å². The Balaban J connectivity index is 0.000000228. The van der Waals surface area contributed by atoms with Crippen LogP contribution in [0.25, 0.3) is 0 Å². The molecule has 7 nitrogen and oxygen atoms in total. The topological polar surface area (TPSA) is 110 Å². The summed E-state index contributed by atoms with van der Waals surface area (Å²) < 4.78 is 0. The van der Waals surface area contributed by atoms with E-state index >= 15 is 0 Å². The molecule has 7 heteroatoms. The lowest BCUT2D eigenvalue weighted by Crippen LogP contribution is -2.35. The SMILES string of the molecule is CCCCC1C(=O)NN(c2ccccc2)C1=O.Oc1cc(O)cc(O)c1. The smallest absolute Gasteiger partial charge is 0.258 e. The van der Waals surface area contributed by atoms with Crippen molar-refractivity contribution in [1.29, 1.82) is 0 Å². The molecular formula is C19H22N2O5. The first-order chi connectivity index (χ1) is 12.4. The lowest BCUT2D eigenvalue weighted by molar-refractivity contribution is -0.127. The third-order valence-corrected chi connectivity index (χ3v) is 3.81. The fourth-order valence-electron chi connectivity index (χ4n) is 2.52. The Bertz CT molecular complexity index is 713. The largest absolute Gasteiger partial charge is 0.508 e. The fraction of sp³-hybridized carbons (Fsp3) is 0.263. The first kappa shape index (κ1) is 19.1. The van der Waals surface area contributed by atoms with Crippen LogP contribution in [0.2, 0.25) is 0 Å². The summed E-state index contributed by atoms with van der Waals surface area (Å²) in [6, 6.07) is 12.6. The van der Waals surface area contributed by atoms with E-state index < -0.39 is 5.92 Å². The van der Waals surface area contributed by atoms with E-state index in [-0.39, 0.29) is 29.1 Å². The molecule has 2 aromatic carbocycles. The van der Waals surface area contributed by atoms with E-state index in [1.165, 1.54) is 5.01 Å². The Morgan fingerprint density at radius 3 is 2.00 bits per heavy atom. The molecular weight excluding hydrogens is 336 g/mol. The zero-order chi connectivity index (χ0) is 19.1. The van der Waals surface area contributed by atoms with Crippen molar-refractivity contribution in [1.82, 2.24) is 5.43 Å². The average molecular weight is 358 g/mol. The third-order valence-electron chi connectivity index (χ3n) is 3.81. The molecule has 1 unspecified atom stereocenters. The van der Waals surface area contributed by atoms with Crippen LogP contribution in [0.4, 0.5) is 5.69 Å². The van der Waals surface area contributed by atoms with Crippen molar-refractivity contribution in [3.05, 3.63) is 48.5 Å². The zero-order valence-electron chi connectivity index (χ0n) is 14.4. The van der Waals surface area contributed by atoms with Crippen molar-refractivity contribution in [2.75, 3.05) is 5.01 Å². The van der Waals surface area contributed by atoms with Gasteiger partial charge in [0.25, 0.3) is 11.8 Å².